The van der Waals surface area contributed by atoms with Crippen LogP contribution in [0.2, 0.25) is 18.1 Å². The van der Waals surface area contributed by atoms with Crippen molar-refractivity contribution in [3.8, 4) is 0 Å². The molecule has 1 atom stereocenters. The first kappa shape index (κ1) is 18.4. The molecule has 21 heavy (non-hydrogen) atoms. The standard InChI is InChI=1S/C15H26O4SSi/c1-15(2,3)21(4,5)19-11-14(12-20(16,17)18)13-9-7-6-8-10-13/h6-10,14H,11-12H2,1-5H3,(H,16,17,18). The van der Waals surface area contributed by atoms with Crippen LogP contribution < -0.4 is 0 Å². The van der Waals surface area contributed by atoms with Crippen molar-refractivity contribution in [1.29, 1.82) is 0 Å². The molecule has 0 amide bonds. The highest BCUT2D eigenvalue weighted by Crippen LogP contribution is 2.37. The lowest BCUT2D eigenvalue weighted by atomic mass is 10.0. The summed E-state index contributed by atoms with van der Waals surface area (Å²) in [5.41, 5.74) is 0.869. The number of rotatable bonds is 6. The van der Waals surface area contributed by atoms with Gasteiger partial charge in [-0.05, 0) is 23.7 Å². The minimum absolute atomic E-state index is 0.0618. The molecule has 1 rings (SSSR count). The summed E-state index contributed by atoms with van der Waals surface area (Å²) >= 11 is 0. The van der Waals surface area contributed by atoms with E-state index in [0.29, 0.717) is 6.61 Å². The summed E-state index contributed by atoms with van der Waals surface area (Å²) in [5, 5.41) is 0.0618. The third-order valence-corrected chi connectivity index (χ3v) is 9.46. The van der Waals surface area contributed by atoms with Crippen molar-refractivity contribution >= 4 is 18.4 Å². The van der Waals surface area contributed by atoms with Crippen LogP contribution in [-0.4, -0.2) is 33.6 Å². The normalized spacial score (nSPS) is 15.0. The lowest BCUT2D eigenvalue weighted by Gasteiger charge is -2.37. The van der Waals surface area contributed by atoms with Crippen LogP contribution in [0.5, 0.6) is 0 Å². The molecular formula is C15H26O4SSi. The molecule has 0 aliphatic carbocycles. The first-order valence-corrected chi connectivity index (χ1v) is 11.6. The predicted octanol–water partition coefficient (Wildman–Crippen LogP) is 3.68. The average molecular weight is 331 g/mol. The molecule has 0 aliphatic rings. The maximum Gasteiger partial charge on any atom is 0.265 e. The number of benzene rings is 1. The van der Waals surface area contributed by atoms with Crippen LogP contribution in [0.1, 0.15) is 32.3 Å². The van der Waals surface area contributed by atoms with Gasteiger partial charge in [0.2, 0.25) is 0 Å². The van der Waals surface area contributed by atoms with E-state index in [1.807, 2.05) is 30.3 Å². The van der Waals surface area contributed by atoms with E-state index in [0.717, 1.165) is 5.56 Å². The highest BCUT2D eigenvalue weighted by atomic mass is 32.2. The summed E-state index contributed by atoms with van der Waals surface area (Å²) in [7, 11) is -5.99. The Balaban J connectivity index is 2.90. The van der Waals surface area contributed by atoms with Gasteiger partial charge in [-0.2, -0.15) is 8.42 Å². The van der Waals surface area contributed by atoms with Crippen molar-refractivity contribution in [3.63, 3.8) is 0 Å². The molecule has 120 valence electrons. The van der Waals surface area contributed by atoms with Gasteiger partial charge in [0.05, 0.1) is 5.75 Å². The zero-order valence-electron chi connectivity index (χ0n) is 13.5. The zero-order chi connectivity index (χ0) is 16.3. The molecule has 1 unspecified atom stereocenters. The highest BCUT2D eigenvalue weighted by Gasteiger charge is 2.38. The summed E-state index contributed by atoms with van der Waals surface area (Å²) in [5.74, 6) is -0.665. The Morgan fingerprint density at radius 2 is 1.71 bits per heavy atom. The van der Waals surface area contributed by atoms with Crippen molar-refractivity contribution in [3.05, 3.63) is 35.9 Å². The molecule has 4 nitrogen and oxygen atoms in total. The van der Waals surface area contributed by atoms with Gasteiger partial charge in [-0.15, -0.1) is 0 Å². The minimum atomic E-state index is -4.04. The Kier molecular flexibility index (Phi) is 5.77. The quantitative estimate of drug-likeness (QED) is 0.638. The van der Waals surface area contributed by atoms with Crippen molar-refractivity contribution in [2.45, 2.75) is 44.8 Å². The van der Waals surface area contributed by atoms with Crippen LogP contribution >= 0.6 is 0 Å². The summed E-state index contributed by atoms with van der Waals surface area (Å²) < 4.78 is 37.8. The maximum absolute atomic E-state index is 11.2. The Morgan fingerprint density at radius 1 is 1.19 bits per heavy atom. The molecule has 0 fully saturated rings. The van der Waals surface area contributed by atoms with E-state index in [9.17, 15) is 8.42 Å². The average Bonchev–Trinajstić information content (AvgIpc) is 2.33. The largest absolute Gasteiger partial charge is 0.416 e. The van der Waals surface area contributed by atoms with Crippen molar-refractivity contribution < 1.29 is 17.4 Å². The van der Waals surface area contributed by atoms with Gasteiger partial charge >= 0.3 is 0 Å². The molecule has 1 N–H and O–H groups in total. The molecule has 1 aromatic rings. The van der Waals surface area contributed by atoms with Crippen LogP contribution in [-0.2, 0) is 14.5 Å². The van der Waals surface area contributed by atoms with Crippen LogP contribution in [0, 0.1) is 0 Å². The van der Waals surface area contributed by atoms with Crippen molar-refractivity contribution in [2.24, 2.45) is 0 Å². The summed E-state index contributed by atoms with van der Waals surface area (Å²) in [4.78, 5) is 0. The van der Waals surface area contributed by atoms with Gasteiger partial charge < -0.3 is 4.43 Å². The zero-order valence-corrected chi connectivity index (χ0v) is 15.3. The van der Waals surface area contributed by atoms with Crippen LogP contribution in [0.4, 0.5) is 0 Å². The van der Waals surface area contributed by atoms with Gasteiger partial charge in [0, 0.05) is 12.5 Å². The van der Waals surface area contributed by atoms with Crippen LogP contribution in [0.3, 0.4) is 0 Å². The van der Waals surface area contributed by atoms with E-state index in [2.05, 4.69) is 33.9 Å². The predicted molar refractivity (Wildman–Crippen MR) is 88.7 cm³/mol. The fourth-order valence-electron chi connectivity index (χ4n) is 1.75. The monoisotopic (exact) mass is 330 g/mol. The molecular weight excluding hydrogens is 304 g/mol. The van der Waals surface area contributed by atoms with Crippen LogP contribution in [0.25, 0.3) is 0 Å². The first-order valence-electron chi connectivity index (χ1n) is 7.06. The topological polar surface area (TPSA) is 63.6 Å². The smallest absolute Gasteiger partial charge is 0.265 e. The second-order valence-electron chi connectivity index (χ2n) is 6.93. The minimum Gasteiger partial charge on any atom is -0.416 e. The Labute approximate surface area is 129 Å². The summed E-state index contributed by atoms with van der Waals surface area (Å²) in [6, 6.07) is 9.33. The van der Waals surface area contributed by atoms with E-state index >= 15 is 0 Å². The van der Waals surface area contributed by atoms with Crippen molar-refractivity contribution in [1.82, 2.24) is 0 Å². The third-order valence-electron chi connectivity index (χ3n) is 4.13. The Hall–Kier alpha value is -0.693. The number of hydrogen-bond donors (Lipinski definition) is 1. The SMILES string of the molecule is CC(C)(C)[Si](C)(C)OCC(CS(=O)(=O)O)c1ccccc1. The molecule has 0 aromatic heterocycles. The molecule has 0 aliphatic heterocycles. The van der Waals surface area contributed by atoms with E-state index in [4.69, 9.17) is 8.98 Å². The molecule has 0 bridgehead atoms. The van der Waals surface area contributed by atoms with Gasteiger partial charge in [-0.25, -0.2) is 0 Å². The summed E-state index contributed by atoms with van der Waals surface area (Å²) in [6.07, 6.45) is 0. The first-order chi connectivity index (χ1) is 9.42. The van der Waals surface area contributed by atoms with E-state index in [1.165, 1.54) is 0 Å². The molecule has 0 spiro atoms. The van der Waals surface area contributed by atoms with E-state index in [1.54, 1.807) is 0 Å². The molecule has 1 aromatic carbocycles. The molecule has 0 saturated heterocycles. The molecule has 0 radical (unpaired) electrons. The van der Waals surface area contributed by atoms with Gasteiger partial charge in [0.1, 0.15) is 0 Å². The maximum atomic E-state index is 11.2. The summed E-state index contributed by atoms with van der Waals surface area (Å²) in [6.45, 7) is 11.0. The van der Waals surface area contributed by atoms with Gasteiger partial charge in [0.25, 0.3) is 10.1 Å². The molecule has 0 saturated carbocycles. The molecule has 0 heterocycles. The van der Waals surface area contributed by atoms with E-state index in [-0.39, 0.29) is 16.7 Å². The Bertz CT molecular complexity index is 547. The lowest BCUT2D eigenvalue weighted by Crippen LogP contribution is -2.42. The van der Waals surface area contributed by atoms with Crippen molar-refractivity contribution in [2.75, 3.05) is 12.4 Å². The third kappa shape index (κ3) is 5.90. The number of hydrogen-bond acceptors (Lipinski definition) is 3. The lowest BCUT2D eigenvalue weighted by molar-refractivity contribution is 0.268. The molecule has 6 heteroatoms. The van der Waals surface area contributed by atoms with E-state index < -0.39 is 18.4 Å². The fraction of sp³-hybridized carbons (Fsp3) is 0.600. The fourth-order valence-corrected chi connectivity index (χ4v) is 3.59. The Morgan fingerprint density at radius 3 is 2.14 bits per heavy atom. The second kappa shape index (κ2) is 6.60. The second-order valence-corrected chi connectivity index (χ2v) is 13.2. The highest BCUT2D eigenvalue weighted by molar-refractivity contribution is 7.85. The van der Waals surface area contributed by atoms with Gasteiger partial charge in [-0.3, -0.25) is 4.55 Å². The van der Waals surface area contributed by atoms with Crippen LogP contribution in [0.15, 0.2) is 30.3 Å². The van der Waals surface area contributed by atoms with Gasteiger partial charge in [0.15, 0.2) is 8.32 Å². The van der Waals surface area contributed by atoms with Gasteiger partial charge in [-0.1, -0.05) is 51.1 Å².